The lowest BCUT2D eigenvalue weighted by molar-refractivity contribution is -0.524. The molecule has 0 amide bonds. The van der Waals surface area contributed by atoms with Crippen molar-refractivity contribution in [3.8, 4) is 0 Å². The van der Waals surface area contributed by atoms with Crippen LogP contribution in [-0.2, 0) is 28.5 Å². The van der Waals surface area contributed by atoms with Gasteiger partial charge >= 0.3 is 0 Å². The van der Waals surface area contributed by atoms with Crippen LogP contribution < -0.4 is 0 Å². The van der Waals surface area contributed by atoms with Crippen molar-refractivity contribution >= 4 is 11.6 Å². The number of hydrogen-bond acceptors (Lipinski definition) is 12. The Hall–Kier alpha value is -2.10. The summed E-state index contributed by atoms with van der Waals surface area (Å²) in [5.74, 6) is -6.86. The lowest BCUT2D eigenvalue weighted by Gasteiger charge is -2.76. The first-order valence-corrected chi connectivity index (χ1v) is 20.2. The monoisotopic (exact) mass is 764 g/mol. The molecule has 13 rings (SSSR count). The van der Waals surface area contributed by atoms with Gasteiger partial charge in [0.25, 0.3) is 0 Å². The van der Waals surface area contributed by atoms with Crippen LogP contribution in [0.5, 0.6) is 0 Å². The first kappa shape index (κ1) is 37.2. The van der Waals surface area contributed by atoms with Crippen molar-refractivity contribution < 1.29 is 59.2 Å². The predicted molar refractivity (Wildman–Crippen MR) is 193 cm³/mol. The minimum atomic E-state index is -2.18. The Morgan fingerprint density at radius 3 is 1.75 bits per heavy atom. The maximum absolute atomic E-state index is 13.9. The van der Waals surface area contributed by atoms with Crippen LogP contribution in [-0.4, -0.2) is 109 Å². The molecule has 6 saturated carbocycles. The fraction of sp³-hybridized carbons (Fsp3) is 0.767. The number of ketones is 2. The van der Waals surface area contributed by atoms with E-state index >= 15 is 0 Å². The number of hydrogen-bond donors (Lipinski definition) is 6. The summed E-state index contributed by atoms with van der Waals surface area (Å²) in [7, 11) is 0. The standard InChI is InChI=1S/C23H30O6.C20H26O6/c1-11-12-6-7-13-21-9-8-14(24)19(2,3)15(21)17(26)23(27-10-21)22(13,16(11)25)18(12)28-20(4,5)29-23;1-9-10-4-5-11-18-7-6-12(21)17(2,3)13(18)16(24)20(25,26-8-18)19(11,14(9)22)15(10)23/h8-9,12-15,17-18,24,26H,1,6-7,10H2,2-5H3;6-7,10-13,15-16,21,23-25H,1,4-5,8H2,2-3H3/t12-,13-,14-,15+,17-,18+,21+,22-,23+;10-,11-,12-,13+,15+,16-,18+,19-,20-/m00/s1. The summed E-state index contributed by atoms with van der Waals surface area (Å²) in [6.07, 6.45) is 4.86. The zero-order valence-electron chi connectivity index (χ0n) is 32.5. The van der Waals surface area contributed by atoms with Gasteiger partial charge in [0.05, 0.1) is 37.6 Å². The van der Waals surface area contributed by atoms with Gasteiger partial charge in [0.15, 0.2) is 17.4 Å². The molecule has 0 aromatic heterocycles. The molecule has 0 unspecified atom stereocenters. The molecule has 55 heavy (non-hydrogen) atoms. The van der Waals surface area contributed by atoms with Crippen LogP contribution in [0, 0.1) is 68.0 Å². The summed E-state index contributed by atoms with van der Waals surface area (Å²) < 4.78 is 25.1. The summed E-state index contributed by atoms with van der Waals surface area (Å²) in [5.41, 5.74) is -4.38. The van der Waals surface area contributed by atoms with Crippen molar-refractivity contribution in [2.24, 2.45) is 68.0 Å². The zero-order valence-corrected chi connectivity index (χ0v) is 32.5. The van der Waals surface area contributed by atoms with Crippen LogP contribution in [0.3, 0.4) is 0 Å². The van der Waals surface area contributed by atoms with Crippen molar-refractivity contribution in [2.75, 3.05) is 13.2 Å². The Kier molecular flexibility index (Phi) is 7.01. The van der Waals surface area contributed by atoms with E-state index in [0.29, 0.717) is 30.6 Å². The number of carbonyl (C=O) groups excluding carboxylic acids is 2. The summed E-state index contributed by atoms with van der Waals surface area (Å²) in [4.78, 5) is 27.2. The van der Waals surface area contributed by atoms with E-state index in [1.165, 1.54) is 0 Å². The number of fused-ring (bicyclic) bond motifs is 3. The fourth-order valence-electron chi connectivity index (χ4n) is 15.7. The van der Waals surface area contributed by atoms with E-state index in [0.717, 1.165) is 12.8 Å². The SMILES string of the molecule is C=C1C(=O)[C@@]23[C@@H]4OC(C)(C)O[C@@]25OC[C@]2(C=C[C@H](O)C(C)(C)[C@H]2[C@@H]5O)[C@@H]3CC[C@@H]14.C=C1C(=O)[C@]23[C@H](O)[C@H]1CC[C@H]2[C@]12C=C[C@H](O)C(C)(C)[C@H]1[C@H](O)[C@]3(O)OC2. The van der Waals surface area contributed by atoms with Crippen molar-refractivity contribution in [1.82, 2.24) is 0 Å². The van der Waals surface area contributed by atoms with E-state index in [9.17, 15) is 40.2 Å². The highest BCUT2D eigenvalue weighted by molar-refractivity contribution is 6.06. The molecule has 5 saturated heterocycles. The van der Waals surface area contributed by atoms with E-state index in [1.807, 2.05) is 59.8 Å². The van der Waals surface area contributed by atoms with Gasteiger partial charge in [0, 0.05) is 45.3 Å². The second-order valence-corrected chi connectivity index (χ2v) is 20.7. The van der Waals surface area contributed by atoms with Gasteiger partial charge in [0.2, 0.25) is 11.6 Å². The van der Waals surface area contributed by atoms with E-state index in [-0.39, 0.29) is 41.8 Å². The average molecular weight is 765 g/mol. The number of rotatable bonds is 0. The van der Waals surface area contributed by atoms with E-state index < -0.39 is 98.3 Å². The van der Waals surface area contributed by atoms with Gasteiger partial charge in [-0.1, -0.05) is 65.2 Å². The normalized spacial score (nSPS) is 58.7. The Morgan fingerprint density at radius 1 is 0.655 bits per heavy atom. The second kappa shape index (κ2) is 10.4. The Morgan fingerprint density at radius 2 is 1.15 bits per heavy atom. The van der Waals surface area contributed by atoms with Crippen LogP contribution in [0.4, 0.5) is 0 Å². The number of aliphatic hydroxyl groups excluding tert-OH is 5. The maximum atomic E-state index is 13.9. The highest BCUT2D eigenvalue weighted by Gasteiger charge is 2.89. The minimum absolute atomic E-state index is 0.0700. The first-order valence-electron chi connectivity index (χ1n) is 20.2. The van der Waals surface area contributed by atoms with Crippen LogP contribution in [0.25, 0.3) is 0 Å². The smallest absolute Gasteiger partial charge is 0.213 e. The lowest BCUT2D eigenvalue weighted by Crippen LogP contribution is -2.87. The molecule has 13 aliphatic rings. The molecule has 8 aliphatic carbocycles. The summed E-state index contributed by atoms with van der Waals surface area (Å²) in [6.45, 7) is 19.9. The lowest BCUT2D eigenvalue weighted by atomic mass is 9.37. The first-order chi connectivity index (χ1) is 25.5. The third kappa shape index (κ3) is 3.55. The van der Waals surface area contributed by atoms with Gasteiger partial charge in [-0.25, -0.2) is 0 Å². The number of Topliss-reactive ketones (excluding diaryl/α,β-unsaturated/α-hetero) is 2. The second-order valence-electron chi connectivity index (χ2n) is 20.7. The van der Waals surface area contributed by atoms with Crippen molar-refractivity contribution in [2.45, 2.75) is 121 Å². The summed E-state index contributed by atoms with van der Waals surface area (Å²) in [6, 6.07) is 0. The molecular weight excluding hydrogens is 708 g/mol. The number of aliphatic hydroxyl groups is 6. The molecule has 8 bridgehead atoms. The van der Waals surface area contributed by atoms with Crippen LogP contribution >= 0.6 is 0 Å². The Balaban J connectivity index is 0.000000136. The Labute approximate surface area is 321 Å². The third-order valence-corrected chi connectivity index (χ3v) is 17.8. The molecule has 0 aromatic rings. The van der Waals surface area contributed by atoms with E-state index in [4.69, 9.17) is 18.9 Å². The van der Waals surface area contributed by atoms with Crippen LogP contribution in [0.15, 0.2) is 48.6 Å². The summed E-state index contributed by atoms with van der Waals surface area (Å²) >= 11 is 0. The topological polar surface area (TPSA) is 192 Å². The number of carbonyl (C=O) groups is 2. The summed E-state index contributed by atoms with van der Waals surface area (Å²) in [5, 5.41) is 67.1. The molecule has 5 aliphatic heterocycles. The van der Waals surface area contributed by atoms with Crippen LogP contribution in [0.1, 0.15) is 67.2 Å². The van der Waals surface area contributed by atoms with Crippen molar-refractivity contribution in [3.05, 3.63) is 48.6 Å². The molecule has 300 valence electrons. The molecule has 6 N–H and O–H groups in total. The number of ether oxygens (including phenoxy) is 4. The molecule has 12 nitrogen and oxygen atoms in total. The van der Waals surface area contributed by atoms with Gasteiger partial charge in [-0.2, -0.15) is 0 Å². The highest BCUT2D eigenvalue weighted by Crippen LogP contribution is 2.79. The van der Waals surface area contributed by atoms with E-state index in [2.05, 4.69) is 13.2 Å². The molecule has 0 radical (unpaired) electrons. The van der Waals surface area contributed by atoms with Crippen molar-refractivity contribution in [3.63, 3.8) is 0 Å². The Bertz CT molecular complexity index is 1900. The fourth-order valence-corrected chi connectivity index (χ4v) is 15.7. The maximum Gasteiger partial charge on any atom is 0.213 e. The molecule has 5 spiro atoms. The van der Waals surface area contributed by atoms with Crippen molar-refractivity contribution in [1.29, 1.82) is 0 Å². The van der Waals surface area contributed by atoms with Crippen LogP contribution in [0.2, 0.25) is 0 Å². The molecular formula is C43H56O12. The van der Waals surface area contributed by atoms with E-state index in [1.54, 1.807) is 6.08 Å². The molecule has 18 atom stereocenters. The van der Waals surface area contributed by atoms with Gasteiger partial charge in [-0.05, 0) is 62.5 Å². The highest BCUT2D eigenvalue weighted by atomic mass is 16.8. The van der Waals surface area contributed by atoms with Gasteiger partial charge in [-0.15, -0.1) is 0 Å². The molecule has 0 aromatic carbocycles. The minimum Gasteiger partial charge on any atom is -0.391 e. The molecule has 12 heteroatoms. The third-order valence-electron chi connectivity index (χ3n) is 17.8. The average Bonchev–Trinajstić information content (AvgIpc) is 3.29. The molecule has 5 heterocycles. The largest absolute Gasteiger partial charge is 0.391 e. The zero-order chi connectivity index (χ0) is 39.6. The van der Waals surface area contributed by atoms with Gasteiger partial charge in [-0.3, -0.25) is 9.59 Å². The predicted octanol–water partition coefficient (Wildman–Crippen LogP) is 2.10. The quantitative estimate of drug-likeness (QED) is 0.156. The van der Waals surface area contributed by atoms with Gasteiger partial charge in [0.1, 0.15) is 23.0 Å². The molecule has 11 fully saturated rings. The van der Waals surface area contributed by atoms with Gasteiger partial charge < -0.3 is 49.6 Å².